The van der Waals surface area contributed by atoms with Crippen molar-refractivity contribution < 1.29 is 20.1 Å². The van der Waals surface area contributed by atoms with E-state index in [2.05, 4.69) is 0 Å². The minimum Gasteiger partial charge on any atom is -0.508 e. The quantitative estimate of drug-likeness (QED) is 0.720. The minimum atomic E-state index is -1.09. The number of hydrogen-bond acceptors (Lipinski definition) is 4. The van der Waals surface area contributed by atoms with E-state index >= 15 is 0 Å². The summed E-state index contributed by atoms with van der Waals surface area (Å²) >= 11 is 0. The molecule has 0 fully saturated rings. The van der Waals surface area contributed by atoms with Gasteiger partial charge in [0.05, 0.1) is 13.2 Å². The number of rotatable bonds is 5. The second-order valence-electron chi connectivity index (χ2n) is 4.20. The van der Waals surface area contributed by atoms with Crippen LogP contribution in [0.1, 0.15) is 23.0 Å². The van der Waals surface area contributed by atoms with Gasteiger partial charge in [-0.05, 0) is 17.7 Å². The van der Waals surface area contributed by atoms with Gasteiger partial charge in [-0.15, -0.1) is 0 Å². The van der Waals surface area contributed by atoms with E-state index in [1.165, 1.54) is 12.1 Å². The molecule has 3 N–H and O–H groups in total. The predicted octanol–water partition coefficient (Wildman–Crippen LogP) is 2.09. The molecular weight excluding hydrogens is 244 g/mol. The first-order valence-electron chi connectivity index (χ1n) is 5.97. The summed E-state index contributed by atoms with van der Waals surface area (Å²) in [6.45, 7) is 0.00240. The molecule has 0 heterocycles. The maximum absolute atomic E-state index is 9.91. The van der Waals surface area contributed by atoms with Crippen molar-refractivity contribution in [2.24, 2.45) is 0 Å². The smallest absolute Gasteiger partial charge is 0.181 e. The van der Waals surface area contributed by atoms with E-state index in [0.717, 1.165) is 5.56 Å². The van der Waals surface area contributed by atoms with Crippen molar-refractivity contribution in [3.05, 3.63) is 65.2 Å². The normalized spacial score (nSPS) is 12.3. The number of ether oxygens (including phenoxy) is 1. The fourth-order valence-electron chi connectivity index (χ4n) is 1.73. The summed E-state index contributed by atoms with van der Waals surface area (Å²) < 4.78 is 5.35. The molecule has 0 spiro atoms. The van der Waals surface area contributed by atoms with Crippen LogP contribution in [0.15, 0.2) is 48.5 Å². The summed E-state index contributed by atoms with van der Waals surface area (Å²) in [5, 5.41) is 28.4. The maximum Gasteiger partial charge on any atom is 0.181 e. The number of aromatic hydroxyl groups is 1. The van der Waals surface area contributed by atoms with Gasteiger partial charge in [-0.2, -0.15) is 0 Å². The Balaban J connectivity index is 2.02. The molecular formula is C15H16O4. The third-order valence-electron chi connectivity index (χ3n) is 2.81. The Morgan fingerprint density at radius 1 is 1.05 bits per heavy atom. The first-order valence-corrected chi connectivity index (χ1v) is 5.97. The summed E-state index contributed by atoms with van der Waals surface area (Å²) in [6, 6.07) is 14.0. The van der Waals surface area contributed by atoms with Crippen molar-refractivity contribution in [2.45, 2.75) is 19.5 Å². The van der Waals surface area contributed by atoms with Crippen LogP contribution in [0.4, 0.5) is 0 Å². The standard InChI is InChI=1S/C15H16O4/c16-9-13-8-12(6-7-14(13)17)15(18)19-10-11-4-2-1-3-5-11/h1-8,15-18H,9-10H2. The minimum absolute atomic E-state index is 0.00140. The summed E-state index contributed by atoms with van der Waals surface area (Å²) in [6.07, 6.45) is -1.09. The Kier molecular flexibility index (Phi) is 4.52. The highest BCUT2D eigenvalue weighted by atomic mass is 16.6. The van der Waals surface area contributed by atoms with Gasteiger partial charge in [-0.1, -0.05) is 36.4 Å². The summed E-state index contributed by atoms with van der Waals surface area (Å²) in [7, 11) is 0. The SMILES string of the molecule is OCc1cc(C(O)OCc2ccccc2)ccc1O. The first-order chi connectivity index (χ1) is 9.20. The molecule has 0 aromatic heterocycles. The first kappa shape index (κ1) is 13.5. The fraction of sp³-hybridized carbons (Fsp3) is 0.200. The van der Waals surface area contributed by atoms with Gasteiger partial charge in [0.1, 0.15) is 5.75 Å². The molecule has 0 aliphatic heterocycles. The molecule has 2 aromatic rings. The van der Waals surface area contributed by atoms with Gasteiger partial charge >= 0.3 is 0 Å². The summed E-state index contributed by atoms with van der Waals surface area (Å²) in [4.78, 5) is 0. The van der Waals surface area contributed by atoms with E-state index in [9.17, 15) is 10.2 Å². The van der Waals surface area contributed by atoms with E-state index in [-0.39, 0.29) is 19.0 Å². The number of hydrogen-bond donors (Lipinski definition) is 3. The highest BCUT2D eigenvalue weighted by Crippen LogP contribution is 2.23. The second kappa shape index (κ2) is 6.33. The fourth-order valence-corrected chi connectivity index (χ4v) is 1.73. The van der Waals surface area contributed by atoms with E-state index in [1.54, 1.807) is 6.07 Å². The number of phenols is 1. The van der Waals surface area contributed by atoms with Crippen LogP contribution in [0.3, 0.4) is 0 Å². The van der Waals surface area contributed by atoms with Crippen molar-refractivity contribution in [1.82, 2.24) is 0 Å². The summed E-state index contributed by atoms with van der Waals surface area (Å²) in [5.74, 6) is 0.00140. The lowest BCUT2D eigenvalue weighted by Gasteiger charge is -2.13. The van der Waals surface area contributed by atoms with Crippen molar-refractivity contribution >= 4 is 0 Å². The van der Waals surface area contributed by atoms with Crippen LogP contribution in [-0.4, -0.2) is 15.3 Å². The molecule has 1 unspecified atom stereocenters. The maximum atomic E-state index is 9.91. The van der Waals surface area contributed by atoms with Crippen LogP contribution in [0.5, 0.6) is 5.75 Å². The number of aliphatic hydroxyl groups excluding tert-OH is 2. The Morgan fingerprint density at radius 2 is 1.79 bits per heavy atom. The molecule has 100 valence electrons. The molecule has 2 aromatic carbocycles. The molecule has 0 saturated carbocycles. The highest BCUT2D eigenvalue weighted by molar-refractivity contribution is 5.36. The Labute approximate surface area is 111 Å². The van der Waals surface area contributed by atoms with Gasteiger partial charge < -0.3 is 20.1 Å². The molecule has 1 atom stereocenters. The third-order valence-corrected chi connectivity index (χ3v) is 2.81. The van der Waals surface area contributed by atoms with E-state index < -0.39 is 6.29 Å². The monoisotopic (exact) mass is 260 g/mol. The van der Waals surface area contributed by atoms with Gasteiger partial charge in [0, 0.05) is 11.1 Å². The van der Waals surface area contributed by atoms with E-state index in [1.807, 2.05) is 30.3 Å². The van der Waals surface area contributed by atoms with Gasteiger partial charge in [-0.3, -0.25) is 0 Å². The van der Waals surface area contributed by atoms with Crippen LogP contribution in [0.25, 0.3) is 0 Å². The highest BCUT2D eigenvalue weighted by Gasteiger charge is 2.10. The van der Waals surface area contributed by atoms with Gasteiger partial charge in [0.25, 0.3) is 0 Å². The van der Waals surface area contributed by atoms with Crippen LogP contribution in [-0.2, 0) is 18.0 Å². The zero-order valence-electron chi connectivity index (χ0n) is 10.4. The molecule has 19 heavy (non-hydrogen) atoms. The zero-order chi connectivity index (χ0) is 13.7. The molecule has 0 aliphatic rings. The second-order valence-corrected chi connectivity index (χ2v) is 4.20. The largest absolute Gasteiger partial charge is 0.508 e. The molecule has 0 amide bonds. The Morgan fingerprint density at radius 3 is 2.47 bits per heavy atom. The lowest BCUT2D eigenvalue weighted by atomic mass is 10.1. The van der Waals surface area contributed by atoms with Gasteiger partial charge in [0.15, 0.2) is 6.29 Å². The molecule has 0 aliphatic carbocycles. The number of benzene rings is 2. The van der Waals surface area contributed by atoms with Crippen molar-refractivity contribution in [2.75, 3.05) is 0 Å². The lowest BCUT2D eigenvalue weighted by Crippen LogP contribution is -2.04. The van der Waals surface area contributed by atoms with Crippen LogP contribution >= 0.6 is 0 Å². The zero-order valence-corrected chi connectivity index (χ0v) is 10.4. The third kappa shape index (κ3) is 3.54. The summed E-state index contributed by atoms with van der Waals surface area (Å²) in [5.41, 5.74) is 1.82. The predicted molar refractivity (Wildman–Crippen MR) is 70.2 cm³/mol. The van der Waals surface area contributed by atoms with Crippen molar-refractivity contribution in [3.63, 3.8) is 0 Å². The van der Waals surface area contributed by atoms with E-state index in [4.69, 9.17) is 9.84 Å². The van der Waals surface area contributed by atoms with Crippen LogP contribution in [0.2, 0.25) is 0 Å². The average molecular weight is 260 g/mol. The van der Waals surface area contributed by atoms with Crippen LogP contribution in [0, 0.1) is 0 Å². The van der Waals surface area contributed by atoms with Gasteiger partial charge in [-0.25, -0.2) is 0 Å². The Hall–Kier alpha value is -1.88. The lowest BCUT2D eigenvalue weighted by molar-refractivity contribution is -0.112. The average Bonchev–Trinajstić information content (AvgIpc) is 2.46. The van der Waals surface area contributed by atoms with Crippen molar-refractivity contribution in [1.29, 1.82) is 0 Å². The molecule has 4 heteroatoms. The molecule has 0 radical (unpaired) electrons. The molecule has 0 bridgehead atoms. The van der Waals surface area contributed by atoms with Crippen molar-refractivity contribution in [3.8, 4) is 5.75 Å². The van der Waals surface area contributed by atoms with Gasteiger partial charge in [0.2, 0.25) is 0 Å². The molecule has 0 saturated heterocycles. The Bertz CT molecular complexity index is 525. The topological polar surface area (TPSA) is 69.9 Å². The number of aliphatic hydroxyl groups is 2. The van der Waals surface area contributed by atoms with E-state index in [0.29, 0.717) is 11.1 Å². The van der Waals surface area contributed by atoms with Crippen LogP contribution < -0.4 is 0 Å². The molecule has 2 rings (SSSR count). The molecule has 4 nitrogen and oxygen atoms in total.